The molecule has 2 heterocycles. The molecular formula is C13H21NOS. The fraction of sp³-hybridized carbons (Fsp3) is 0.692. The molecule has 0 saturated carbocycles. The molecule has 0 atom stereocenters. The van der Waals surface area contributed by atoms with Gasteiger partial charge in [0.2, 0.25) is 0 Å². The summed E-state index contributed by atoms with van der Waals surface area (Å²) in [6, 6.07) is 4.52. The number of piperidine rings is 1. The Bertz CT molecular complexity index is 315. The SMILES string of the molecule is CCc1ccc(CN2CCC(CO)CC2)s1. The van der Waals surface area contributed by atoms with E-state index in [0.29, 0.717) is 12.5 Å². The van der Waals surface area contributed by atoms with Crippen LogP contribution in [-0.2, 0) is 13.0 Å². The first-order chi connectivity index (χ1) is 7.81. The molecule has 1 fully saturated rings. The van der Waals surface area contributed by atoms with Gasteiger partial charge in [-0.25, -0.2) is 0 Å². The summed E-state index contributed by atoms with van der Waals surface area (Å²) in [5, 5.41) is 9.09. The zero-order valence-electron chi connectivity index (χ0n) is 9.98. The molecule has 0 unspecified atom stereocenters. The zero-order chi connectivity index (χ0) is 11.4. The largest absolute Gasteiger partial charge is 0.396 e. The Hall–Kier alpha value is -0.380. The molecule has 1 aromatic heterocycles. The summed E-state index contributed by atoms with van der Waals surface area (Å²) in [6.07, 6.45) is 3.46. The Morgan fingerprint density at radius 3 is 2.56 bits per heavy atom. The quantitative estimate of drug-likeness (QED) is 0.872. The van der Waals surface area contributed by atoms with Crippen molar-refractivity contribution in [1.29, 1.82) is 0 Å². The van der Waals surface area contributed by atoms with Gasteiger partial charge in [0, 0.05) is 22.9 Å². The molecule has 1 N–H and O–H groups in total. The van der Waals surface area contributed by atoms with E-state index in [4.69, 9.17) is 5.11 Å². The standard InChI is InChI=1S/C13H21NOS/c1-2-12-3-4-13(16-12)9-14-7-5-11(10-15)6-8-14/h3-4,11,15H,2,5-10H2,1H3. The van der Waals surface area contributed by atoms with E-state index in [9.17, 15) is 0 Å². The van der Waals surface area contributed by atoms with Gasteiger partial charge >= 0.3 is 0 Å². The molecule has 0 aliphatic carbocycles. The highest BCUT2D eigenvalue weighted by Crippen LogP contribution is 2.22. The Morgan fingerprint density at radius 1 is 1.31 bits per heavy atom. The van der Waals surface area contributed by atoms with Crippen LogP contribution in [0.4, 0.5) is 0 Å². The molecule has 90 valence electrons. The van der Waals surface area contributed by atoms with E-state index in [1.165, 1.54) is 9.75 Å². The van der Waals surface area contributed by atoms with Gasteiger partial charge in [0.15, 0.2) is 0 Å². The average Bonchev–Trinajstić information content (AvgIpc) is 2.78. The fourth-order valence-electron chi connectivity index (χ4n) is 2.24. The molecule has 0 radical (unpaired) electrons. The molecule has 3 heteroatoms. The van der Waals surface area contributed by atoms with Crippen LogP contribution in [0.2, 0.25) is 0 Å². The minimum Gasteiger partial charge on any atom is -0.396 e. The number of likely N-dealkylation sites (tertiary alicyclic amines) is 1. The lowest BCUT2D eigenvalue weighted by Gasteiger charge is -2.30. The molecule has 1 aliphatic heterocycles. The molecule has 1 saturated heterocycles. The second-order valence-corrected chi connectivity index (χ2v) is 5.88. The van der Waals surface area contributed by atoms with Gasteiger partial charge in [0.05, 0.1) is 0 Å². The topological polar surface area (TPSA) is 23.5 Å². The Labute approximate surface area is 102 Å². The van der Waals surface area contributed by atoms with Crippen molar-refractivity contribution >= 4 is 11.3 Å². The number of hydrogen-bond donors (Lipinski definition) is 1. The van der Waals surface area contributed by atoms with Crippen molar-refractivity contribution in [2.24, 2.45) is 5.92 Å². The predicted molar refractivity (Wildman–Crippen MR) is 68.8 cm³/mol. The summed E-state index contributed by atoms with van der Waals surface area (Å²) in [5.41, 5.74) is 0. The van der Waals surface area contributed by atoms with Gasteiger partial charge in [-0.15, -0.1) is 11.3 Å². The molecule has 16 heavy (non-hydrogen) atoms. The van der Waals surface area contributed by atoms with Gasteiger partial charge < -0.3 is 5.11 Å². The number of aryl methyl sites for hydroxylation is 1. The summed E-state index contributed by atoms with van der Waals surface area (Å²) in [4.78, 5) is 5.48. The summed E-state index contributed by atoms with van der Waals surface area (Å²) < 4.78 is 0. The zero-order valence-corrected chi connectivity index (χ0v) is 10.8. The molecule has 1 aromatic rings. The molecule has 0 amide bonds. The van der Waals surface area contributed by atoms with Crippen molar-refractivity contribution in [2.45, 2.75) is 32.7 Å². The summed E-state index contributed by atoms with van der Waals surface area (Å²) in [5.74, 6) is 0.547. The first kappa shape index (κ1) is 12.1. The maximum absolute atomic E-state index is 9.09. The smallest absolute Gasteiger partial charge is 0.0460 e. The normalized spacial score (nSPS) is 19.1. The van der Waals surface area contributed by atoms with Crippen molar-refractivity contribution in [3.05, 3.63) is 21.9 Å². The third-order valence-corrected chi connectivity index (χ3v) is 4.62. The second-order valence-electron chi connectivity index (χ2n) is 4.62. The molecule has 1 aliphatic rings. The Kier molecular flexibility index (Phi) is 4.38. The highest BCUT2D eigenvalue weighted by molar-refractivity contribution is 7.11. The summed E-state index contributed by atoms with van der Waals surface area (Å²) in [6.45, 7) is 5.97. The van der Waals surface area contributed by atoms with E-state index in [2.05, 4.69) is 24.0 Å². The highest BCUT2D eigenvalue weighted by Gasteiger charge is 2.18. The van der Waals surface area contributed by atoms with Gasteiger partial charge in [-0.3, -0.25) is 4.90 Å². The minimum atomic E-state index is 0.368. The van der Waals surface area contributed by atoms with E-state index in [-0.39, 0.29) is 0 Å². The molecule has 0 bridgehead atoms. The first-order valence-corrected chi connectivity index (χ1v) is 7.04. The molecular weight excluding hydrogens is 218 g/mol. The van der Waals surface area contributed by atoms with E-state index in [1.54, 1.807) is 0 Å². The molecule has 2 nitrogen and oxygen atoms in total. The number of thiophene rings is 1. The van der Waals surface area contributed by atoms with Gasteiger partial charge in [-0.05, 0) is 50.4 Å². The van der Waals surface area contributed by atoms with Crippen molar-refractivity contribution in [1.82, 2.24) is 4.90 Å². The number of aliphatic hydroxyl groups is 1. The van der Waals surface area contributed by atoms with Crippen LogP contribution in [0.3, 0.4) is 0 Å². The van der Waals surface area contributed by atoms with Gasteiger partial charge in [0.1, 0.15) is 0 Å². The van der Waals surface area contributed by atoms with Crippen LogP contribution in [0.5, 0.6) is 0 Å². The molecule has 2 rings (SSSR count). The fourth-order valence-corrected chi connectivity index (χ4v) is 3.25. The number of nitrogens with zero attached hydrogens (tertiary/aromatic N) is 1. The van der Waals surface area contributed by atoms with Crippen LogP contribution >= 0.6 is 11.3 Å². The maximum Gasteiger partial charge on any atom is 0.0460 e. The van der Waals surface area contributed by atoms with E-state index < -0.39 is 0 Å². The van der Waals surface area contributed by atoms with Crippen LogP contribution in [0.15, 0.2) is 12.1 Å². The minimum absolute atomic E-state index is 0.368. The third-order valence-electron chi connectivity index (χ3n) is 3.41. The van der Waals surface area contributed by atoms with Crippen LogP contribution in [0.1, 0.15) is 29.5 Å². The molecule has 0 spiro atoms. The van der Waals surface area contributed by atoms with Gasteiger partial charge in [0.25, 0.3) is 0 Å². The lowest BCUT2D eigenvalue weighted by Crippen LogP contribution is -2.34. The van der Waals surface area contributed by atoms with Gasteiger partial charge in [-0.1, -0.05) is 6.92 Å². The number of rotatable bonds is 4. The van der Waals surface area contributed by atoms with E-state index in [1.807, 2.05) is 11.3 Å². The van der Waals surface area contributed by atoms with Crippen LogP contribution < -0.4 is 0 Å². The second kappa shape index (κ2) is 5.80. The summed E-state index contributed by atoms with van der Waals surface area (Å²) in [7, 11) is 0. The maximum atomic E-state index is 9.09. The lowest BCUT2D eigenvalue weighted by molar-refractivity contribution is 0.128. The monoisotopic (exact) mass is 239 g/mol. The predicted octanol–water partition coefficient (Wildman–Crippen LogP) is 2.51. The van der Waals surface area contributed by atoms with Crippen molar-refractivity contribution in [3.8, 4) is 0 Å². The first-order valence-electron chi connectivity index (χ1n) is 6.22. The van der Waals surface area contributed by atoms with Crippen LogP contribution in [0.25, 0.3) is 0 Å². The highest BCUT2D eigenvalue weighted by atomic mass is 32.1. The van der Waals surface area contributed by atoms with E-state index in [0.717, 1.165) is 38.9 Å². The molecule has 0 aromatic carbocycles. The average molecular weight is 239 g/mol. The van der Waals surface area contributed by atoms with Crippen molar-refractivity contribution in [3.63, 3.8) is 0 Å². The van der Waals surface area contributed by atoms with Gasteiger partial charge in [-0.2, -0.15) is 0 Å². The van der Waals surface area contributed by atoms with Crippen molar-refractivity contribution in [2.75, 3.05) is 19.7 Å². The van der Waals surface area contributed by atoms with Crippen LogP contribution in [0, 0.1) is 5.92 Å². The van der Waals surface area contributed by atoms with Crippen molar-refractivity contribution < 1.29 is 5.11 Å². The lowest BCUT2D eigenvalue weighted by atomic mass is 9.98. The number of hydrogen-bond acceptors (Lipinski definition) is 3. The van der Waals surface area contributed by atoms with Crippen LogP contribution in [-0.4, -0.2) is 29.7 Å². The third kappa shape index (κ3) is 3.06. The summed E-state index contributed by atoms with van der Waals surface area (Å²) >= 11 is 1.94. The number of aliphatic hydroxyl groups excluding tert-OH is 1. The van der Waals surface area contributed by atoms with E-state index >= 15 is 0 Å². The Balaban J connectivity index is 1.82. The Morgan fingerprint density at radius 2 is 2.00 bits per heavy atom.